The fourth-order valence-electron chi connectivity index (χ4n) is 3.40. The van der Waals surface area contributed by atoms with Crippen LogP contribution >= 0.6 is 11.6 Å². The van der Waals surface area contributed by atoms with Crippen molar-refractivity contribution in [3.8, 4) is 0 Å². The first-order chi connectivity index (χ1) is 13.0. The molecule has 0 saturated carbocycles. The molecule has 0 aliphatic heterocycles. The lowest BCUT2D eigenvalue weighted by Crippen LogP contribution is -2.10. The zero-order valence-corrected chi connectivity index (χ0v) is 17.1. The van der Waals surface area contributed by atoms with Crippen molar-refractivity contribution >= 4 is 22.7 Å². The van der Waals surface area contributed by atoms with Crippen molar-refractivity contribution < 1.29 is 0 Å². The normalized spacial score (nSPS) is 12.6. The molecule has 0 nitrogen and oxygen atoms in total. The van der Waals surface area contributed by atoms with Crippen LogP contribution < -0.4 is 0 Å². The summed E-state index contributed by atoms with van der Waals surface area (Å²) in [7, 11) is 0. The summed E-state index contributed by atoms with van der Waals surface area (Å²) in [6.45, 7) is 6.75. The molecule has 0 amide bonds. The van der Waals surface area contributed by atoms with E-state index in [2.05, 4.69) is 106 Å². The van der Waals surface area contributed by atoms with E-state index in [0.717, 1.165) is 6.42 Å². The van der Waals surface area contributed by atoms with E-state index >= 15 is 0 Å². The van der Waals surface area contributed by atoms with Crippen LogP contribution in [0.3, 0.4) is 0 Å². The molecule has 0 spiro atoms. The number of allylic oxidation sites excluding steroid dienone is 1. The van der Waals surface area contributed by atoms with Gasteiger partial charge in [0.25, 0.3) is 0 Å². The van der Waals surface area contributed by atoms with Crippen LogP contribution in [-0.2, 0) is 5.41 Å². The highest BCUT2D eigenvalue weighted by atomic mass is 35.5. The highest BCUT2D eigenvalue weighted by Gasteiger charge is 2.16. The Hall–Kier alpha value is -2.31. The number of hydrogen-bond donors (Lipinski definition) is 0. The Kier molecular flexibility index (Phi) is 6.19. The topological polar surface area (TPSA) is 0 Å². The van der Waals surface area contributed by atoms with Crippen molar-refractivity contribution in [1.82, 2.24) is 0 Å². The van der Waals surface area contributed by atoms with Crippen LogP contribution in [-0.4, -0.2) is 5.88 Å². The van der Waals surface area contributed by atoms with Gasteiger partial charge in [-0.25, -0.2) is 0 Å². The molecule has 1 heteroatoms. The molecule has 0 heterocycles. The molecule has 0 bridgehead atoms. The molecule has 3 rings (SSSR count). The monoisotopic (exact) mass is 374 g/mol. The number of alkyl halides is 1. The third-order valence-corrected chi connectivity index (χ3v) is 5.06. The van der Waals surface area contributed by atoms with Crippen molar-refractivity contribution in [3.05, 3.63) is 107 Å². The van der Waals surface area contributed by atoms with E-state index in [0.29, 0.717) is 5.88 Å². The number of halogens is 1. The highest BCUT2D eigenvalue weighted by molar-refractivity contribution is 6.18. The minimum absolute atomic E-state index is 0.146. The maximum atomic E-state index is 6.22. The van der Waals surface area contributed by atoms with Crippen LogP contribution in [0, 0.1) is 0 Å². The van der Waals surface area contributed by atoms with E-state index in [1.54, 1.807) is 0 Å². The molecule has 0 radical (unpaired) electrons. The van der Waals surface area contributed by atoms with Crippen molar-refractivity contribution in [2.75, 3.05) is 5.88 Å². The van der Waals surface area contributed by atoms with Gasteiger partial charge in [0.15, 0.2) is 0 Å². The lowest BCUT2D eigenvalue weighted by Gasteiger charge is -2.21. The van der Waals surface area contributed by atoms with Crippen LogP contribution in [0.2, 0.25) is 0 Å². The fourth-order valence-corrected chi connectivity index (χ4v) is 3.59. The van der Waals surface area contributed by atoms with E-state index in [9.17, 15) is 0 Å². The first kappa shape index (κ1) is 19.5. The minimum Gasteiger partial charge on any atom is -0.126 e. The van der Waals surface area contributed by atoms with E-state index < -0.39 is 0 Å². The van der Waals surface area contributed by atoms with Gasteiger partial charge in [0.2, 0.25) is 0 Å². The van der Waals surface area contributed by atoms with E-state index in [1.165, 1.54) is 33.4 Å². The molecular weight excluding hydrogens is 348 g/mol. The maximum absolute atomic E-state index is 6.22. The van der Waals surface area contributed by atoms with E-state index in [1.807, 2.05) is 0 Å². The molecule has 138 valence electrons. The average Bonchev–Trinajstić information content (AvgIpc) is 2.69. The Morgan fingerprint density at radius 1 is 0.667 bits per heavy atom. The van der Waals surface area contributed by atoms with E-state index in [4.69, 9.17) is 11.6 Å². The Balaban J connectivity index is 2.22. The maximum Gasteiger partial charge on any atom is 0.0264 e. The molecule has 0 aliphatic carbocycles. The van der Waals surface area contributed by atoms with Crippen molar-refractivity contribution in [2.45, 2.75) is 32.6 Å². The van der Waals surface area contributed by atoms with Crippen molar-refractivity contribution in [1.29, 1.82) is 0 Å². The molecule has 0 fully saturated rings. The van der Waals surface area contributed by atoms with Gasteiger partial charge in [0, 0.05) is 5.88 Å². The first-order valence-corrected chi connectivity index (χ1v) is 10.0. The second-order valence-electron chi connectivity index (χ2n) is 7.85. The SMILES string of the molecule is CC(C)(C)c1ccc(/C(=C(/CCCl)c2ccccc2)c2ccccc2)cc1. The average molecular weight is 375 g/mol. The smallest absolute Gasteiger partial charge is 0.0264 e. The van der Waals surface area contributed by atoms with Gasteiger partial charge in [-0.15, -0.1) is 11.6 Å². The third-order valence-electron chi connectivity index (χ3n) is 4.87. The Labute approximate surface area is 168 Å². The van der Waals surface area contributed by atoms with Crippen LogP contribution in [0.15, 0.2) is 84.9 Å². The summed E-state index contributed by atoms with van der Waals surface area (Å²) < 4.78 is 0. The zero-order valence-electron chi connectivity index (χ0n) is 16.4. The van der Waals surface area contributed by atoms with Gasteiger partial charge < -0.3 is 0 Å². The quantitative estimate of drug-likeness (QED) is 0.319. The molecule has 0 N–H and O–H groups in total. The Morgan fingerprint density at radius 3 is 1.63 bits per heavy atom. The van der Waals surface area contributed by atoms with Gasteiger partial charge in [-0.05, 0) is 45.2 Å². The molecule has 3 aromatic rings. The van der Waals surface area contributed by atoms with Crippen LogP contribution in [0.4, 0.5) is 0 Å². The summed E-state index contributed by atoms with van der Waals surface area (Å²) in [4.78, 5) is 0. The van der Waals surface area contributed by atoms with Gasteiger partial charge in [-0.2, -0.15) is 0 Å². The third kappa shape index (κ3) is 4.70. The lowest BCUT2D eigenvalue weighted by atomic mass is 9.84. The summed E-state index contributed by atoms with van der Waals surface area (Å²) in [5, 5.41) is 0. The predicted octanol–water partition coefficient (Wildman–Crippen LogP) is 7.57. The summed E-state index contributed by atoms with van der Waals surface area (Å²) in [6, 6.07) is 30.2. The highest BCUT2D eigenvalue weighted by Crippen LogP contribution is 2.35. The molecule has 0 unspecified atom stereocenters. The number of rotatable bonds is 5. The number of benzene rings is 3. The van der Waals surface area contributed by atoms with Crippen molar-refractivity contribution in [3.63, 3.8) is 0 Å². The molecule has 0 aromatic heterocycles. The predicted molar refractivity (Wildman–Crippen MR) is 119 cm³/mol. The molecule has 0 atom stereocenters. The van der Waals surface area contributed by atoms with E-state index in [-0.39, 0.29) is 5.41 Å². The Morgan fingerprint density at radius 2 is 1.15 bits per heavy atom. The summed E-state index contributed by atoms with van der Waals surface area (Å²) >= 11 is 6.22. The van der Waals surface area contributed by atoms with Gasteiger partial charge in [-0.3, -0.25) is 0 Å². The first-order valence-electron chi connectivity index (χ1n) is 9.51. The fraction of sp³-hybridized carbons (Fsp3) is 0.231. The molecule has 0 aliphatic rings. The molecule has 3 aromatic carbocycles. The van der Waals surface area contributed by atoms with Crippen LogP contribution in [0.25, 0.3) is 11.1 Å². The number of hydrogen-bond acceptors (Lipinski definition) is 0. The second-order valence-corrected chi connectivity index (χ2v) is 8.23. The van der Waals surface area contributed by atoms with Gasteiger partial charge >= 0.3 is 0 Å². The Bertz CT molecular complexity index is 882. The van der Waals surface area contributed by atoms with Gasteiger partial charge in [0.05, 0.1) is 0 Å². The standard InChI is InChI=1S/C26H27Cl/c1-26(2,3)23-16-14-22(15-17-23)25(21-12-8-5-9-13-21)24(18-19-27)20-10-6-4-7-11-20/h4-17H,18-19H2,1-3H3/b25-24-. The van der Waals surface area contributed by atoms with Gasteiger partial charge in [0.1, 0.15) is 0 Å². The molecule has 0 saturated heterocycles. The van der Waals surface area contributed by atoms with Crippen LogP contribution in [0.1, 0.15) is 49.4 Å². The molecular formula is C26H27Cl. The van der Waals surface area contributed by atoms with Gasteiger partial charge in [-0.1, -0.05) is 106 Å². The summed E-state index contributed by atoms with van der Waals surface area (Å²) in [5.74, 6) is 0.598. The van der Waals surface area contributed by atoms with Crippen molar-refractivity contribution in [2.24, 2.45) is 0 Å². The minimum atomic E-state index is 0.146. The molecule has 27 heavy (non-hydrogen) atoms. The summed E-state index contributed by atoms with van der Waals surface area (Å²) in [5.41, 5.74) is 7.74. The summed E-state index contributed by atoms with van der Waals surface area (Å²) in [6.07, 6.45) is 0.830. The largest absolute Gasteiger partial charge is 0.126 e. The zero-order chi connectivity index (χ0) is 19.3. The van der Waals surface area contributed by atoms with Crippen LogP contribution in [0.5, 0.6) is 0 Å². The second kappa shape index (κ2) is 8.59. The lowest BCUT2D eigenvalue weighted by molar-refractivity contribution is 0.590.